The number of rotatable bonds is 1. The summed E-state index contributed by atoms with van der Waals surface area (Å²) >= 11 is 0. The zero-order valence-corrected chi connectivity index (χ0v) is 4.64. The Morgan fingerprint density at radius 2 is 1.78 bits per heavy atom. The summed E-state index contributed by atoms with van der Waals surface area (Å²) in [6.45, 7) is 0.279. The predicted octanol–water partition coefficient (Wildman–Crippen LogP) is -0.0892. The van der Waals surface area contributed by atoms with Gasteiger partial charge in [-0.3, -0.25) is 5.73 Å². The van der Waals surface area contributed by atoms with Crippen molar-refractivity contribution in [3.63, 3.8) is 0 Å². The van der Waals surface area contributed by atoms with Crippen molar-refractivity contribution in [2.24, 2.45) is 5.73 Å². The lowest BCUT2D eigenvalue weighted by atomic mass is 10.5. The maximum atomic E-state index is 11.7. The highest BCUT2D eigenvalue weighted by Crippen LogP contribution is 2.20. The first kappa shape index (κ1) is 6.85. The summed E-state index contributed by atoms with van der Waals surface area (Å²) in [6.07, 6.45) is -2.78. The third kappa shape index (κ3) is 1.17. The number of halogens is 2. The van der Waals surface area contributed by atoms with Crippen LogP contribution in [0.5, 0.6) is 0 Å². The van der Waals surface area contributed by atoms with Crippen molar-refractivity contribution in [1.82, 2.24) is 0 Å². The molecule has 2 N–H and O–H groups in total. The van der Waals surface area contributed by atoms with Gasteiger partial charge in [-0.2, -0.15) is 0 Å². The Morgan fingerprint density at radius 3 is 2.00 bits per heavy atom. The Bertz CT molecular complexity index is 103. The Balaban J connectivity index is 2.51. The molecule has 0 amide bonds. The van der Waals surface area contributed by atoms with Gasteiger partial charge >= 0.3 is 6.43 Å². The number of hydrogen-bond donors (Lipinski definition) is 1. The quantitative estimate of drug-likeness (QED) is 0.552. The average Bonchev–Trinajstić information content (AvgIpc) is 2.16. The maximum absolute atomic E-state index is 11.7. The van der Waals surface area contributed by atoms with E-state index in [1.165, 1.54) is 0 Å². The SMILES string of the molecule is NC1(C(F)F)OCCO1. The van der Waals surface area contributed by atoms with Crippen LogP contribution < -0.4 is 5.73 Å². The number of nitrogens with two attached hydrogens (primary N) is 1. The van der Waals surface area contributed by atoms with Gasteiger partial charge in [-0.25, -0.2) is 8.78 Å². The number of ether oxygens (including phenoxy) is 2. The smallest absolute Gasteiger partial charge is 0.306 e. The molecule has 0 aromatic rings. The van der Waals surface area contributed by atoms with Crippen LogP contribution in [0.15, 0.2) is 0 Å². The molecule has 3 nitrogen and oxygen atoms in total. The summed E-state index contributed by atoms with van der Waals surface area (Å²) in [5, 5.41) is 0. The van der Waals surface area contributed by atoms with E-state index in [4.69, 9.17) is 5.73 Å². The van der Waals surface area contributed by atoms with Gasteiger partial charge in [0.05, 0.1) is 13.2 Å². The standard InChI is InChI=1S/C4H7F2NO2/c5-3(6)4(7)8-1-2-9-4/h3H,1-2,7H2. The van der Waals surface area contributed by atoms with Gasteiger partial charge in [-0.15, -0.1) is 0 Å². The number of alkyl halides is 2. The van der Waals surface area contributed by atoms with E-state index in [9.17, 15) is 8.78 Å². The van der Waals surface area contributed by atoms with Gasteiger partial charge in [0.15, 0.2) is 0 Å². The second kappa shape index (κ2) is 2.17. The van der Waals surface area contributed by atoms with Crippen LogP contribution in [-0.2, 0) is 9.47 Å². The van der Waals surface area contributed by atoms with Gasteiger partial charge < -0.3 is 9.47 Å². The molecule has 0 radical (unpaired) electrons. The van der Waals surface area contributed by atoms with Crippen LogP contribution in [0, 0.1) is 0 Å². The molecule has 1 heterocycles. The van der Waals surface area contributed by atoms with Crippen LogP contribution in [-0.4, -0.2) is 25.6 Å². The van der Waals surface area contributed by atoms with E-state index in [1.807, 2.05) is 0 Å². The first-order valence-corrected chi connectivity index (χ1v) is 2.50. The molecular weight excluding hydrogens is 132 g/mol. The lowest BCUT2D eigenvalue weighted by Gasteiger charge is -2.19. The first-order chi connectivity index (χ1) is 4.15. The van der Waals surface area contributed by atoms with Crippen molar-refractivity contribution < 1.29 is 18.3 Å². The zero-order chi connectivity index (χ0) is 6.91. The molecule has 0 aromatic carbocycles. The maximum Gasteiger partial charge on any atom is 0.306 e. The van der Waals surface area contributed by atoms with Crippen molar-refractivity contribution in [3.05, 3.63) is 0 Å². The van der Waals surface area contributed by atoms with Gasteiger partial charge in [0.1, 0.15) is 0 Å². The van der Waals surface area contributed by atoms with Crippen molar-refractivity contribution >= 4 is 0 Å². The second-order valence-electron chi connectivity index (χ2n) is 1.72. The molecule has 0 aliphatic carbocycles. The third-order valence-corrected chi connectivity index (χ3v) is 1.04. The van der Waals surface area contributed by atoms with Crippen LogP contribution in [0.2, 0.25) is 0 Å². The van der Waals surface area contributed by atoms with Crippen molar-refractivity contribution in [1.29, 1.82) is 0 Å². The minimum Gasteiger partial charge on any atom is -0.331 e. The lowest BCUT2D eigenvalue weighted by molar-refractivity contribution is -0.229. The lowest BCUT2D eigenvalue weighted by Crippen LogP contribution is -2.47. The third-order valence-electron chi connectivity index (χ3n) is 1.04. The minimum atomic E-state index is -2.78. The van der Waals surface area contributed by atoms with Gasteiger partial charge in [-0.1, -0.05) is 0 Å². The molecule has 5 heteroatoms. The first-order valence-electron chi connectivity index (χ1n) is 2.50. The predicted molar refractivity (Wildman–Crippen MR) is 24.8 cm³/mol. The summed E-state index contributed by atoms with van der Waals surface area (Å²) in [4.78, 5) is 0. The normalized spacial score (nSPS) is 25.3. The molecule has 0 saturated carbocycles. The average molecular weight is 139 g/mol. The van der Waals surface area contributed by atoms with E-state index in [2.05, 4.69) is 9.47 Å². The molecule has 1 rings (SSSR count). The van der Waals surface area contributed by atoms with Gasteiger partial charge in [-0.05, 0) is 0 Å². The molecule has 0 bridgehead atoms. The fraction of sp³-hybridized carbons (Fsp3) is 1.00. The zero-order valence-electron chi connectivity index (χ0n) is 4.64. The van der Waals surface area contributed by atoms with Crippen molar-refractivity contribution in [2.75, 3.05) is 13.2 Å². The second-order valence-corrected chi connectivity index (χ2v) is 1.72. The van der Waals surface area contributed by atoms with Gasteiger partial charge in [0.2, 0.25) is 0 Å². The monoisotopic (exact) mass is 139 g/mol. The van der Waals surface area contributed by atoms with Crippen LogP contribution in [0.3, 0.4) is 0 Å². The van der Waals surface area contributed by atoms with E-state index < -0.39 is 12.3 Å². The molecular formula is C4H7F2NO2. The Hall–Kier alpha value is -0.260. The fourth-order valence-electron chi connectivity index (χ4n) is 0.570. The summed E-state index contributed by atoms with van der Waals surface area (Å²) < 4.78 is 32.3. The molecule has 0 aromatic heterocycles. The fourth-order valence-corrected chi connectivity index (χ4v) is 0.570. The van der Waals surface area contributed by atoms with Crippen LogP contribution in [0.4, 0.5) is 8.78 Å². The molecule has 1 aliphatic heterocycles. The van der Waals surface area contributed by atoms with E-state index in [1.54, 1.807) is 0 Å². The molecule has 1 saturated heterocycles. The topological polar surface area (TPSA) is 44.5 Å². The van der Waals surface area contributed by atoms with Gasteiger partial charge in [0.25, 0.3) is 5.91 Å². The van der Waals surface area contributed by atoms with Crippen molar-refractivity contribution in [2.45, 2.75) is 12.3 Å². The summed E-state index contributed by atoms with van der Waals surface area (Å²) in [5.74, 6) is -2.14. The highest BCUT2D eigenvalue weighted by Gasteiger charge is 2.42. The summed E-state index contributed by atoms with van der Waals surface area (Å²) in [7, 11) is 0. The van der Waals surface area contributed by atoms with Crippen LogP contribution in [0.25, 0.3) is 0 Å². The van der Waals surface area contributed by atoms with E-state index in [0.29, 0.717) is 0 Å². The highest BCUT2D eigenvalue weighted by molar-refractivity contribution is 4.68. The van der Waals surface area contributed by atoms with Crippen molar-refractivity contribution in [3.8, 4) is 0 Å². The summed E-state index contributed by atoms with van der Waals surface area (Å²) in [6, 6.07) is 0. The van der Waals surface area contributed by atoms with E-state index in [-0.39, 0.29) is 13.2 Å². The molecule has 1 fully saturated rings. The molecule has 9 heavy (non-hydrogen) atoms. The summed E-state index contributed by atoms with van der Waals surface area (Å²) in [5.41, 5.74) is 4.91. The molecule has 1 aliphatic rings. The van der Waals surface area contributed by atoms with Crippen LogP contribution in [0.1, 0.15) is 0 Å². The van der Waals surface area contributed by atoms with Gasteiger partial charge in [0, 0.05) is 0 Å². The van der Waals surface area contributed by atoms with E-state index >= 15 is 0 Å². The minimum absolute atomic E-state index is 0.140. The Morgan fingerprint density at radius 1 is 1.33 bits per heavy atom. The molecule has 0 atom stereocenters. The molecule has 54 valence electrons. The van der Waals surface area contributed by atoms with E-state index in [0.717, 1.165) is 0 Å². The van der Waals surface area contributed by atoms with Crippen LogP contribution >= 0.6 is 0 Å². The Labute approximate surface area is 50.7 Å². The Kier molecular flexibility index (Phi) is 1.65. The largest absolute Gasteiger partial charge is 0.331 e. The highest BCUT2D eigenvalue weighted by atomic mass is 19.3. The molecule has 0 unspecified atom stereocenters. The molecule has 0 spiro atoms. The number of hydrogen-bond acceptors (Lipinski definition) is 3.